The molecule has 0 bridgehead atoms. The van der Waals surface area contributed by atoms with Crippen molar-refractivity contribution in [2.75, 3.05) is 5.32 Å². The van der Waals surface area contributed by atoms with E-state index in [1.807, 2.05) is 12.1 Å². The van der Waals surface area contributed by atoms with E-state index in [1.165, 1.54) is 24.3 Å². The van der Waals surface area contributed by atoms with E-state index in [2.05, 4.69) is 20.3 Å². The van der Waals surface area contributed by atoms with Crippen molar-refractivity contribution in [3.05, 3.63) is 72.0 Å². The minimum atomic E-state index is -3.74. The van der Waals surface area contributed by atoms with E-state index in [-0.39, 0.29) is 16.8 Å². The molecule has 1 aliphatic carbocycles. The smallest absolute Gasteiger partial charge is 0.245 e. The molecular weight excluding hydrogens is 445 g/mol. The average molecular weight is 466 g/mol. The summed E-state index contributed by atoms with van der Waals surface area (Å²) in [6, 6.07) is 16.0. The number of primary sulfonamides is 1. The minimum Gasteiger partial charge on any atom is -0.473 e. The predicted molar refractivity (Wildman–Crippen MR) is 122 cm³/mol. The number of sulfonamides is 1. The molecule has 2 heterocycles. The molecule has 2 aromatic heterocycles. The Labute approximate surface area is 189 Å². The average Bonchev–Trinajstić information content (AvgIpc) is 3.62. The zero-order valence-corrected chi connectivity index (χ0v) is 18.2. The Bertz CT molecular complexity index is 1420. The molecule has 2 aromatic carbocycles. The third-order valence-corrected chi connectivity index (χ3v) is 6.08. The van der Waals surface area contributed by atoms with E-state index in [4.69, 9.17) is 9.88 Å². The zero-order chi connectivity index (χ0) is 23.0. The molecule has 0 saturated heterocycles. The second kappa shape index (κ2) is 8.38. The number of halogens is 1. The van der Waals surface area contributed by atoms with Crippen LogP contribution in [0.15, 0.2) is 65.6 Å². The van der Waals surface area contributed by atoms with Crippen LogP contribution in [0.25, 0.3) is 22.3 Å². The van der Waals surface area contributed by atoms with Crippen molar-refractivity contribution in [3.63, 3.8) is 0 Å². The van der Waals surface area contributed by atoms with Crippen LogP contribution in [0, 0.1) is 5.82 Å². The van der Waals surface area contributed by atoms with E-state index in [0.717, 1.165) is 24.0 Å². The minimum absolute atomic E-state index is 0.0522. The molecule has 0 spiro atoms. The van der Waals surface area contributed by atoms with E-state index < -0.39 is 10.0 Å². The van der Waals surface area contributed by atoms with Gasteiger partial charge in [0.1, 0.15) is 11.9 Å². The topological polar surface area (TPSA) is 120 Å². The Kier molecular flexibility index (Phi) is 5.39. The lowest BCUT2D eigenvalue weighted by Gasteiger charge is -2.12. The quantitative estimate of drug-likeness (QED) is 0.428. The van der Waals surface area contributed by atoms with E-state index >= 15 is 0 Å². The van der Waals surface area contributed by atoms with Gasteiger partial charge in [-0.15, -0.1) is 0 Å². The summed E-state index contributed by atoms with van der Waals surface area (Å²) in [4.78, 5) is 13.8. The van der Waals surface area contributed by atoms with Crippen LogP contribution in [0.4, 0.5) is 10.3 Å². The van der Waals surface area contributed by atoms with Gasteiger partial charge in [-0.2, -0.15) is 4.98 Å². The lowest BCUT2D eigenvalue weighted by Crippen LogP contribution is -2.12. The van der Waals surface area contributed by atoms with Gasteiger partial charge in [-0.3, -0.25) is 0 Å². The molecule has 3 N–H and O–H groups in total. The van der Waals surface area contributed by atoms with Crippen LogP contribution < -0.4 is 15.2 Å². The standard InChI is InChI=1S/C23H20FN5O3S/c24-16-5-3-15(4-6-16)19-11-12-20-21(27-19)22(32-17-7-8-17)29-23(28-20)26-13-14-1-9-18(10-2-14)33(25,30)31/h1-6,9-12,17H,7-8,13H2,(H2,25,30,31)(H,26,28,29). The normalized spacial score (nSPS) is 13.8. The molecular formula is C23H20FN5O3S. The highest BCUT2D eigenvalue weighted by Crippen LogP contribution is 2.31. The molecule has 10 heteroatoms. The number of pyridine rings is 1. The second-order valence-corrected chi connectivity index (χ2v) is 9.34. The highest BCUT2D eigenvalue weighted by Gasteiger charge is 2.26. The molecule has 5 rings (SSSR count). The van der Waals surface area contributed by atoms with Crippen LogP contribution in [-0.2, 0) is 16.6 Å². The number of rotatable bonds is 7. The van der Waals surface area contributed by atoms with Crippen LogP contribution in [0.1, 0.15) is 18.4 Å². The van der Waals surface area contributed by atoms with Crippen LogP contribution in [0.2, 0.25) is 0 Å². The zero-order valence-electron chi connectivity index (χ0n) is 17.4. The molecule has 0 amide bonds. The van der Waals surface area contributed by atoms with Gasteiger partial charge < -0.3 is 10.1 Å². The van der Waals surface area contributed by atoms with Crippen LogP contribution in [-0.4, -0.2) is 29.5 Å². The van der Waals surface area contributed by atoms with Crippen LogP contribution >= 0.6 is 0 Å². The molecule has 1 saturated carbocycles. The number of nitrogens with zero attached hydrogens (tertiary/aromatic N) is 3. The lowest BCUT2D eigenvalue weighted by molar-refractivity contribution is 0.294. The fourth-order valence-corrected chi connectivity index (χ4v) is 3.77. The van der Waals surface area contributed by atoms with Gasteiger partial charge in [0.15, 0.2) is 5.52 Å². The number of nitrogens with two attached hydrogens (primary N) is 1. The van der Waals surface area contributed by atoms with E-state index in [0.29, 0.717) is 35.1 Å². The Hall–Kier alpha value is -3.63. The number of ether oxygens (including phenoxy) is 1. The summed E-state index contributed by atoms with van der Waals surface area (Å²) in [5.41, 5.74) is 3.43. The molecule has 8 nitrogen and oxygen atoms in total. The van der Waals surface area contributed by atoms with Gasteiger partial charge in [0, 0.05) is 12.1 Å². The van der Waals surface area contributed by atoms with E-state index in [9.17, 15) is 12.8 Å². The van der Waals surface area contributed by atoms with Gasteiger partial charge in [-0.25, -0.2) is 27.9 Å². The third-order valence-electron chi connectivity index (χ3n) is 5.16. The number of nitrogens with one attached hydrogen (secondary N) is 1. The van der Waals surface area contributed by atoms with Crippen molar-refractivity contribution >= 4 is 27.0 Å². The van der Waals surface area contributed by atoms with Gasteiger partial charge >= 0.3 is 0 Å². The number of benzene rings is 2. The summed E-state index contributed by atoms with van der Waals surface area (Å²) in [7, 11) is -3.74. The van der Waals surface area contributed by atoms with Crippen molar-refractivity contribution in [2.24, 2.45) is 5.14 Å². The maximum absolute atomic E-state index is 13.3. The van der Waals surface area contributed by atoms with Crippen LogP contribution in [0.5, 0.6) is 5.88 Å². The molecule has 0 atom stereocenters. The Morgan fingerprint density at radius 1 is 0.970 bits per heavy atom. The molecule has 0 aliphatic heterocycles. The monoisotopic (exact) mass is 465 g/mol. The lowest BCUT2D eigenvalue weighted by atomic mass is 10.1. The first kappa shape index (κ1) is 21.2. The Morgan fingerprint density at radius 3 is 2.36 bits per heavy atom. The first-order chi connectivity index (χ1) is 15.8. The number of anilines is 1. The first-order valence-electron chi connectivity index (χ1n) is 10.3. The largest absolute Gasteiger partial charge is 0.473 e. The summed E-state index contributed by atoms with van der Waals surface area (Å²) in [6.07, 6.45) is 2.03. The maximum atomic E-state index is 13.3. The van der Waals surface area contributed by atoms with Crippen LogP contribution in [0.3, 0.4) is 0 Å². The molecule has 4 aromatic rings. The Balaban J connectivity index is 1.43. The summed E-state index contributed by atoms with van der Waals surface area (Å²) < 4.78 is 42.1. The number of hydrogen-bond acceptors (Lipinski definition) is 7. The molecule has 0 unspecified atom stereocenters. The van der Waals surface area contributed by atoms with Gasteiger partial charge in [0.25, 0.3) is 0 Å². The molecule has 0 radical (unpaired) electrons. The first-order valence-corrected chi connectivity index (χ1v) is 11.9. The predicted octanol–water partition coefficient (Wildman–Crippen LogP) is 3.63. The fraction of sp³-hybridized carbons (Fsp3) is 0.174. The van der Waals surface area contributed by atoms with Gasteiger partial charge in [0.05, 0.1) is 16.1 Å². The number of aromatic nitrogens is 3. The maximum Gasteiger partial charge on any atom is 0.245 e. The molecule has 1 fully saturated rings. The van der Waals surface area contributed by atoms with Crippen molar-refractivity contribution < 1.29 is 17.5 Å². The second-order valence-electron chi connectivity index (χ2n) is 7.78. The number of hydrogen-bond donors (Lipinski definition) is 2. The van der Waals surface area contributed by atoms with Crippen molar-refractivity contribution in [2.45, 2.75) is 30.4 Å². The highest BCUT2D eigenvalue weighted by atomic mass is 32.2. The summed E-state index contributed by atoms with van der Waals surface area (Å²) in [5, 5.41) is 8.29. The molecule has 1 aliphatic rings. The Morgan fingerprint density at radius 2 is 1.70 bits per heavy atom. The number of fused-ring (bicyclic) bond motifs is 1. The summed E-state index contributed by atoms with van der Waals surface area (Å²) in [6.45, 7) is 0.375. The highest BCUT2D eigenvalue weighted by molar-refractivity contribution is 7.89. The van der Waals surface area contributed by atoms with Crippen molar-refractivity contribution in [1.29, 1.82) is 0 Å². The van der Waals surface area contributed by atoms with Gasteiger partial charge in [-0.1, -0.05) is 12.1 Å². The summed E-state index contributed by atoms with van der Waals surface area (Å²) >= 11 is 0. The summed E-state index contributed by atoms with van der Waals surface area (Å²) in [5.74, 6) is 0.444. The van der Waals surface area contributed by atoms with E-state index in [1.54, 1.807) is 24.3 Å². The fourth-order valence-electron chi connectivity index (χ4n) is 3.25. The van der Waals surface area contributed by atoms with Gasteiger partial charge in [-0.05, 0) is 66.9 Å². The van der Waals surface area contributed by atoms with Gasteiger partial charge in [0.2, 0.25) is 21.9 Å². The third kappa shape index (κ3) is 4.91. The van der Waals surface area contributed by atoms with Crippen molar-refractivity contribution in [1.82, 2.24) is 15.0 Å². The van der Waals surface area contributed by atoms with Crippen molar-refractivity contribution in [3.8, 4) is 17.1 Å². The molecule has 33 heavy (non-hydrogen) atoms. The molecule has 168 valence electrons. The SMILES string of the molecule is NS(=O)(=O)c1ccc(CNc2nc(OC3CC3)c3nc(-c4ccc(F)cc4)ccc3n2)cc1.